The zero-order chi connectivity index (χ0) is 13.0. The normalized spacial score (nSPS) is 18.8. The van der Waals surface area contributed by atoms with E-state index in [1.54, 1.807) is 11.0 Å². The fourth-order valence-corrected chi connectivity index (χ4v) is 2.46. The lowest BCUT2D eigenvalue weighted by molar-refractivity contribution is 0.0595. The van der Waals surface area contributed by atoms with Gasteiger partial charge in [-0.1, -0.05) is 0 Å². The minimum atomic E-state index is -0.189. The number of aromatic nitrogens is 1. The van der Waals surface area contributed by atoms with Gasteiger partial charge in [0, 0.05) is 18.8 Å². The fourth-order valence-electron chi connectivity index (χ4n) is 2.46. The highest BCUT2D eigenvalue weighted by atomic mass is 35.5. The van der Waals surface area contributed by atoms with Crippen LogP contribution in [0.1, 0.15) is 36.2 Å². The number of halogens is 1. The maximum absolute atomic E-state index is 12.4. The number of hydrogen-bond acceptors (Lipinski definition) is 4. The van der Waals surface area contributed by atoms with Crippen LogP contribution in [-0.2, 0) is 0 Å². The molecule has 0 spiro atoms. The van der Waals surface area contributed by atoms with Gasteiger partial charge in [0.05, 0.1) is 0 Å². The number of carbonyl (C=O) groups excluding carboxylic acids is 1. The summed E-state index contributed by atoms with van der Waals surface area (Å²) >= 11 is 0. The van der Waals surface area contributed by atoms with Crippen LogP contribution >= 0.6 is 12.4 Å². The molecule has 3 N–H and O–H groups in total. The molecule has 0 radical (unpaired) electrons. The molecule has 5 nitrogen and oxygen atoms in total. The second kappa shape index (κ2) is 7.31. The number of aromatic hydroxyl groups is 1. The molecular formula is C13H20ClN3O2. The van der Waals surface area contributed by atoms with Gasteiger partial charge >= 0.3 is 0 Å². The molecule has 19 heavy (non-hydrogen) atoms. The Bertz CT molecular complexity index is 426. The molecule has 2 heterocycles. The van der Waals surface area contributed by atoms with Crippen LogP contribution in [0.15, 0.2) is 18.3 Å². The molecule has 6 heteroatoms. The van der Waals surface area contributed by atoms with Crippen LogP contribution in [0.25, 0.3) is 0 Å². The van der Waals surface area contributed by atoms with Crippen molar-refractivity contribution in [3.05, 3.63) is 24.0 Å². The predicted molar refractivity (Wildman–Crippen MR) is 75.5 cm³/mol. The lowest BCUT2D eigenvalue weighted by Crippen LogP contribution is -2.44. The Morgan fingerprint density at radius 1 is 1.53 bits per heavy atom. The first-order chi connectivity index (χ1) is 8.74. The van der Waals surface area contributed by atoms with Gasteiger partial charge in [-0.15, -0.1) is 12.4 Å². The minimum absolute atomic E-state index is 0. The molecule has 1 unspecified atom stereocenters. The average Bonchev–Trinajstić information content (AvgIpc) is 2.40. The second-order valence-electron chi connectivity index (χ2n) is 4.60. The lowest BCUT2D eigenvalue weighted by Gasteiger charge is -2.35. The molecule has 1 aliphatic heterocycles. The maximum atomic E-state index is 12.4. The van der Waals surface area contributed by atoms with Crippen LogP contribution in [0.2, 0.25) is 0 Å². The van der Waals surface area contributed by atoms with Gasteiger partial charge in [0.25, 0.3) is 5.91 Å². The molecule has 1 atom stereocenters. The first-order valence-corrected chi connectivity index (χ1v) is 6.39. The Morgan fingerprint density at radius 3 is 3.00 bits per heavy atom. The summed E-state index contributed by atoms with van der Waals surface area (Å²) in [5, 5.41) is 9.69. The summed E-state index contributed by atoms with van der Waals surface area (Å²) in [5.74, 6) is -0.245. The van der Waals surface area contributed by atoms with Gasteiger partial charge in [-0.25, -0.2) is 4.98 Å². The number of rotatable bonds is 3. The van der Waals surface area contributed by atoms with Gasteiger partial charge in [0.2, 0.25) is 0 Å². The predicted octanol–water partition coefficient (Wildman–Crippen LogP) is 1.55. The van der Waals surface area contributed by atoms with E-state index in [4.69, 9.17) is 5.73 Å². The Hall–Kier alpha value is -1.33. The summed E-state index contributed by atoms with van der Waals surface area (Å²) in [5.41, 5.74) is 5.73. The number of amides is 1. The molecule has 1 fully saturated rings. The van der Waals surface area contributed by atoms with Gasteiger partial charge in [0.15, 0.2) is 5.69 Å². The third kappa shape index (κ3) is 3.58. The van der Waals surface area contributed by atoms with Crippen LogP contribution in [-0.4, -0.2) is 40.0 Å². The Labute approximate surface area is 119 Å². The van der Waals surface area contributed by atoms with E-state index >= 15 is 0 Å². The molecular weight excluding hydrogens is 266 g/mol. The van der Waals surface area contributed by atoms with Crippen molar-refractivity contribution in [1.29, 1.82) is 0 Å². The van der Waals surface area contributed by atoms with Crippen LogP contribution in [0.5, 0.6) is 5.75 Å². The number of pyridine rings is 1. The van der Waals surface area contributed by atoms with Crippen molar-refractivity contribution < 1.29 is 9.90 Å². The topological polar surface area (TPSA) is 79.5 Å². The molecule has 106 valence electrons. The van der Waals surface area contributed by atoms with Crippen molar-refractivity contribution in [3.8, 4) is 5.75 Å². The van der Waals surface area contributed by atoms with E-state index < -0.39 is 0 Å². The quantitative estimate of drug-likeness (QED) is 0.883. The van der Waals surface area contributed by atoms with Crippen LogP contribution in [0, 0.1) is 0 Å². The third-order valence-electron chi connectivity index (χ3n) is 3.38. The number of hydrogen-bond donors (Lipinski definition) is 2. The highest BCUT2D eigenvalue weighted by Gasteiger charge is 2.28. The number of carbonyl (C=O) groups is 1. The lowest BCUT2D eigenvalue weighted by atomic mass is 9.99. The van der Waals surface area contributed by atoms with Crippen molar-refractivity contribution in [2.45, 2.75) is 31.7 Å². The summed E-state index contributed by atoms with van der Waals surface area (Å²) in [6.45, 7) is 1.29. The van der Waals surface area contributed by atoms with Gasteiger partial charge in [-0.2, -0.15) is 0 Å². The van der Waals surface area contributed by atoms with Crippen molar-refractivity contribution in [1.82, 2.24) is 9.88 Å². The van der Waals surface area contributed by atoms with Gasteiger partial charge in [-0.05, 0) is 44.4 Å². The van der Waals surface area contributed by atoms with Gasteiger partial charge in [-0.3, -0.25) is 4.79 Å². The number of likely N-dealkylation sites (tertiary alicyclic amines) is 1. The first-order valence-electron chi connectivity index (χ1n) is 6.39. The SMILES string of the molecule is Cl.NCCC1CCCCN1C(=O)c1ncccc1O. The van der Waals surface area contributed by atoms with Crippen LogP contribution < -0.4 is 5.73 Å². The zero-order valence-electron chi connectivity index (χ0n) is 10.8. The van der Waals surface area contributed by atoms with Crippen molar-refractivity contribution in [2.24, 2.45) is 5.73 Å². The first kappa shape index (κ1) is 15.7. The smallest absolute Gasteiger partial charge is 0.276 e. The van der Waals surface area contributed by atoms with E-state index in [2.05, 4.69) is 4.98 Å². The second-order valence-corrected chi connectivity index (χ2v) is 4.60. The summed E-state index contributed by atoms with van der Waals surface area (Å²) in [6.07, 6.45) is 5.44. The molecule has 0 aromatic carbocycles. The minimum Gasteiger partial charge on any atom is -0.505 e. The standard InChI is InChI=1S/C13H19N3O2.ClH/c14-7-6-10-4-1-2-9-16(10)13(18)12-11(17)5-3-8-15-12;/h3,5,8,10,17H,1-2,4,6-7,9,14H2;1H. The maximum Gasteiger partial charge on any atom is 0.276 e. The van der Waals surface area contributed by atoms with E-state index in [1.165, 1.54) is 12.3 Å². The molecule has 2 rings (SSSR count). The van der Waals surface area contributed by atoms with Crippen molar-refractivity contribution in [3.63, 3.8) is 0 Å². The van der Waals surface area contributed by atoms with E-state index in [0.29, 0.717) is 6.54 Å². The molecule has 1 aromatic rings. The summed E-state index contributed by atoms with van der Waals surface area (Å²) < 4.78 is 0. The molecule has 0 bridgehead atoms. The van der Waals surface area contributed by atoms with E-state index in [-0.39, 0.29) is 35.8 Å². The van der Waals surface area contributed by atoms with E-state index in [9.17, 15) is 9.90 Å². The summed E-state index contributed by atoms with van der Waals surface area (Å²) in [6, 6.07) is 3.28. The molecule has 1 aromatic heterocycles. The highest BCUT2D eigenvalue weighted by Crippen LogP contribution is 2.23. The Morgan fingerprint density at radius 2 is 2.32 bits per heavy atom. The largest absolute Gasteiger partial charge is 0.505 e. The van der Waals surface area contributed by atoms with Crippen molar-refractivity contribution >= 4 is 18.3 Å². The van der Waals surface area contributed by atoms with E-state index in [1.807, 2.05) is 0 Å². The van der Waals surface area contributed by atoms with E-state index in [0.717, 1.165) is 32.2 Å². The fraction of sp³-hybridized carbons (Fsp3) is 0.538. The monoisotopic (exact) mass is 285 g/mol. The average molecular weight is 286 g/mol. The van der Waals surface area contributed by atoms with Crippen LogP contribution in [0.4, 0.5) is 0 Å². The number of piperidine rings is 1. The Balaban J connectivity index is 0.00000180. The Kier molecular flexibility index (Phi) is 6.05. The summed E-state index contributed by atoms with van der Waals surface area (Å²) in [7, 11) is 0. The zero-order valence-corrected chi connectivity index (χ0v) is 11.6. The van der Waals surface area contributed by atoms with Gasteiger partial charge < -0.3 is 15.7 Å². The van der Waals surface area contributed by atoms with Crippen molar-refractivity contribution in [2.75, 3.05) is 13.1 Å². The summed E-state index contributed by atoms with van der Waals surface area (Å²) in [4.78, 5) is 18.1. The van der Waals surface area contributed by atoms with Gasteiger partial charge in [0.1, 0.15) is 5.75 Å². The molecule has 1 amide bonds. The molecule has 0 aliphatic carbocycles. The highest BCUT2D eigenvalue weighted by molar-refractivity contribution is 5.95. The molecule has 1 aliphatic rings. The number of nitrogens with two attached hydrogens (primary N) is 1. The molecule has 1 saturated heterocycles. The molecule has 0 saturated carbocycles. The number of nitrogens with zero attached hydrogens (tertiary/aromatic N) is 2. The van der Waals surface area contributed by atoms with Crippen LogP contribution in [0.3, 0.4) is 0 Å². The third-order valence-corrected chi connectivity index (χ3v) is 3.38.